The van der Waals surface area contributed by atoms with Gasteiger partial charge in [0.25, 0.3) is 0 Å². The van der Waals surface area contributed by atoms with Gasteiger partial charge in [-0.25, -0.2) is 0 Å². The maximum Gasteiger partial charge on any atom is 0.246 e. The molecule has 0 saturated carbocycles. The van der Waals surface area contributed by atoms with Crippen LogP contribution >= 0.6 is 0 Å². The predicted octanol–water partition coefficient (Wildman–Crippen LogP) is -0.739. The number of nitrogens with two attached hydrogens (primary N) is 1. The van der Waals surface area contributed by atoms with E-state index in [4.69, 9.17) is 5.73 Å². The number of carbonyl (C=O) groups is 3. The van der Waals surface area contributed by atoms with E-state index in [2.05, 4.69) is 16.0 Å². The zero-order chi connectivity index (χ0) is 16.0. The van der Waals surface area contributed by atoms with Gasteiger partial charge in [0.15, 0.2) is 0 Å². The zero-order valence-corrected chi connectivity index (χ0v) is 13.0. The van der Waals surface area contributed by atoms with Crippen molar-refractivity contribution in [3.05, 3.63) is 0 Å². The lowest BCUT2D eigenvalue weighted by Gasteiger charge is -2.22. The predicted molar refractivity (Wildman–Crippen MR) is 79.2 cm³/mol. The van der Waals surface area contributed by atoms with Gasteiger partial charge in [-0.2, -0.15) is 0 Å². The Morgan fingerprint density at radius 1 is 1.33 bits per heavy atom. The largest absolute Gasteiger partial charge is 0.346 e. The van der Waals surface area contributed by atoms with Gasteiger partial charge >= 0.3 is 0 Å². The van der Waals surface area contributed by atoms with Gasteiger partial charge in [-0.1, -0.05) is 13.8 Å². The molecule has 1 heterocycles. The van der Waals surface area contributed by atoms with Gasteiger partial charge in [0, 0.05) is 0 Å². The van der Waals surface area contributed by atoms with Gasteiger partial charge in [-0.05, 0) is 38.6 Å². The third kappa shape index (κ3) is 5.43. The third-order valence-corrected chi connectivity index (χ3v) is 3.61. The van der Waals surface area contributed by atoms with E-state index in [1.807, 2.05) is 13.8 Å². The van der Waals surface area contributed by atoms with Gasteiger partial charge in [-0.3, -0.25) is 19.7 Å². The lowest BCUT2D eigenvalue weighted by atomic mass is 9.99. The molecule has 0 aromatic carbocycles. The van der Waals surface area contributed by atoms with E-state index in [9.17, 15) is 14.4 Å². The minimum Gasteiger partial charge on any atom is -0.346 e. The standard InChI is InChI=1S/C14H26N4O3/c1-9(2)7-10(15)12(20)16-8-11(19)18-13(21)14(3)5-4-6-17-14/h9-10,17H,4-8,15H2,1-3H3,(H,16,20)(H,18,19,21)/t10-,14-/m0/s1. The van der Waals surface area contributed by atoms with Crippen molar-refractivity contribution >= 4 is 17.7 Å². The van der Waals surface area contributed by atoms with Crippen molar-refractivity contribution in [1.82, 2.24) is 16.0 Å². The molecule has 0 aliphatic carbocycles. The smallest absolute Gasteiger partial charge is 0.246 e. The van der Waals surface area contributed by atoms with E-state index >= 15 is 0 Å². The highest BCUT2D eigenvalue weighted by atomic mass is 16.2. The van der Waals surface area contributed by atoms with E-state index in [0.29, 0.717) is 18.8 Å². The minimum atomic E-state index is -0.701. The van der Waals surface area contributed by atoms with Crippen molar-refractivity contribution in [2.45, 2.75) is 51.6 Å². The molecular weight excluding hydrogens is 272 g/mol. The minimum absolute atomic E-state index is 0.244. The van der Waals surface area contributed by atoms with Crippen LogP contribution in [0.15, 0.2) is 0 Å². The second-order valence-corrected chi connectivity index (χ2v) is 6.19. The normalized spacial score (nSPS) is 22.9. The van der Waals surface area contributed by atoms with E-state index < -0.39 is 17.5 Å². The van der Waals surface area contributed by atoms with Crippen LogP contribution < -0.4 is 21.7 Å². The molecule has 0 spiro atoms. The number of imide groups is 1. The molecular formula is C14H26N4O3. The molecule has 1 aliphatic rings. The Morgan fingerprint density at radius 3 is 2.52 bits per heavy atom. The summed E-state index contributed by atoms with van der Waals surface area (Å²) in [5.41, 5.74) is 5.00. The lowest BCUT2D eigenvalue weighted by Crippen LogP contribution is -2.54. The highest BCUT2D eigenvalue weighted by Crippen LogP contribution is 2.18. The molecule has 1 fully saturated rings. The fraction of sp³-hybridized carbons (Fsp3) is 0.786. The molecule has 5 N–H and O–H groups in total. The van der Waals surface area contributed by atoms with Crippen LogP contribution in [-0.4, -0.2) is 42.4 Å². The second kappa shape index (κ2) is 7.51. The summed E-state index contributed by atoms with van der Waals surface area (Å²) in [4.78, 5) is 35.3. The average Bonchev–Trinajstić information content (AvgIpc) is 2.83. The van der Waals surface area contributed by atoms with Gasteiger partial charge in [0.2, 0.25) is 17.7 Å². The van der Waals surface area contributed by atoms with Crippen molar-refractivity contribution in [2.75, 3.05) is 13.1 Å². The fourth-order valence-corrected chi connectivity index (χ4v) is 2.31. The number of carbonyl (C=O) groups excluding carboxylic acids is 3. The maximum atomic E-state index is 12.0. The summed E-state index contributed by atoms with van der Waals surface area (Å²) in [6.07, 6.45) is 2.14. The molecule has 1 aliphatic heterocycles. The van der Waals surface area contributed by atoms with Gasteiger partial charge in [-0.15, -0.1) is 0 Å². The van der Waals surface area contributed by atoms with Crippen molar-refractivity contribution < 1.29 is 14.4 Å². The van der Waals surface area contributed by atoms with E-state index in [-0.39, 0.29) is 18.4 Å². The number of hydrogen-bond donors (Lipinski definition) is 4. The number of rotatable bonds is 6. The summed E-state index contributed by atoms with van der Waals surface area (Å²) >= 11 is 0. The van der Waals surface area contributed by atoms with E-state index in [1.165, 1.54) is 0 Å². The molecule has 1 saturated heterocycles. The summed E-state index contributed by atoms with van der Waals surface area (Å²) in [6.45, 7) is 6.21. The van der Waals surface area contributed by atoms with Crippen LogP contribution in [0.5, 0.6) is 0 Å². The lowest BCUT2D eigenvalue weighted by molar-refractivity contribution is -0.134. The summed E-state index contributed by atoms with van der Waals surface area (Å²) in [6, 6.07) is -0.637. The molecule has 0 unspecified atom stereocenters. The molecule has 1 rings (SSSR count). The molecule has 2 atom stereocenters. The Kier molecular flexibility index (Phi) is 6.29. The first-order valence-corrected chi connectivity index (χ1v) is 7.37. The summed E-state index contributed by atoms with van der Waals surface area (Å²) in [5, 5.41) is 7.82. The average molecular weight is 298 g/mol. The molecule has 3 amide bonds. The molecule has 0 aromatic rings. The molecule has 0 bridgehead atoms. The first kappa shape index (κ1) is 17.6. The molecule has 21 heavy (non-hydrogen) atoms. The topological polar surface area (TPSA) is 113 Å². The monoisotopic (exact) mass is 298 g/mol. The fourth-order valence-electron chi connectivity index (χ4n) is 2.31. The van der Waals surface area contributed by atoms with Crippen LogP contribution in [0.4, 0.5) is 0 Å². The highest BCUT2D eigenvalue weighted by molar-refractivity contribution is 6.01. The second-order valence-electron chi connectivity index (χ2n) is 6.19. The van der Waals surface area contributed by atoms with Gasteiger partial charge < -0.3 is 16.4 Å². The molecule has 120 valence electrons. The van der Waals surface area contributed by atoms with Crippen LogP contribution in [0.2, 0.25) is 0 Å². The molecule has 0 aromatic heterocycles. The Labute approximate surface area is 125 Å². The van der Waals surface area contributed by atoms with Gasteiger partial charge in [0.1, 0.15) is 0 Å². The highest BCUT2D eigenvalue weighted by Gasteiger charge is 2.36. The Bertz CT molecular complexity index is 403. The van der Waals surface area contributed by atoms with Crippen molar-refractivity contribution in [2.24, 2.45) is 11.7 Å². The van der Waals surface area contributed by atoms with E-state index in [0.717, 1.165) is 13.0 Å². The zero-order valence-electron chi connectivity index (χ0n) is 13.0. The molecule has 7 heteroatoms. The van der Waals surface area contributed by atoms with Crippen LogP contribution in [0.1, 0.15) is 40.0 Å². The van der Waals surface area contributed by atoms with Crippen LogP contribution in [0.3, 0.4) is 0 Å². The van der Waals surface area contributed by atoms with Crippen molar-refractivity contribution in [1.29, 1.82) is 0 Å². The third-order valence-electron chi connectivity index (χ3n) is 3.61. The summed E-state index contributed by atoms with van der Waals surface area (Å²) in [5.74, 6) is -0.961. The van der Waals surface area contributed by atoms with Crippen LogP contribution in [-0.2, 0) is 14.4 Å². The first-order valence-electron chi connectivity index (χ1n) is 7.37. The number of hydrogen-bond acceptors (Lipinski definition) is 5. The summed E-state index contributed by atoms with van der Waals surface area (Å²) < 4.78 is 0. The quantitative estimate of drug-likeness (QED) is 0.516. The molecule has 7 nitrogen and oxygen atoms in total. The first-order chi connectivity index (χ1) is 9.74. The Hall–Kier alpha value is -1.47. The van der Waals surface area contributed by atoms with Crippen LogP contribution in [0.25, 0.3) is 0 Å². The number of nitrogens with one attached hydrogen (secondary N) is 3. The Balaban J connectivity index is 2.34. The van der Waals surface area contributed by atoms with Crippen molar-refractivity contribution in [3.63, 3.8) is 0 Å². The van der Waals surface area contributed by atoms with Gasteiger partial charge in [0.05, 0.1) is 18.1 Å². The SMILES string of the molecule is CC(C)C[C@H](N)C(=O)NCC(=O)NC(=O)[C@]1(C)CCCN1. The van der Waals surface area contributed by atoms with E-state index in [1.54, 1.807) is 6.92 Å². The molecule has 0 radical (unpaired) electrons. The van der Waals surface area contributed by atoms with Crippen molar-refractivity contribution in [3.8, 4) is 0 Å². The van der Waals surface area contributed by atoms with Crippen LogP contribution in [0, 0.1) is 5.92 Å². The Morgan fingerprint density at radius 2 is 2.00 bits per heavy atom. The maximum absolute atomic E-state index is 12.0. The summed E-state index contributed by atoms with van der Waals surface area (Å²) in [7, 11) is 0. The number of amides is 3.